The molecule has 5 heteroatoms. The summed E-state index contributed by atoms with van der Waals surface area (Å²) in [5.74, 6) is -1.25. The van der Waals surface area contributed by atoms with Gasteiger partial charge in [-0.25, -0.2) is 9.18 Å². The minimum Gasteiger partial charge on any atom is -0.478 e. The van der Waals surface area contributed by atoms with Gasteiger partial charge in [0.05, 0.1) is 12.2 Å². The second-order valence-corrected chi connectivity index (χ2v) is 5.07. The summed E-state index contributed by atoms with van der Waals surface area (Å²) in [6, 6.07) is 12.9. The van der Waals surface area contributed by atoms with Gasteiger partial charge in [0, 0.05) is 19.6 Å². The highest BCUT2D eigenvalue weighted by atomic mass is 19.1. The minimum absolute atomic E-state index is 0.000183. The zero-order chi connectivity index (χ0) is 15.9. The Morgan fingerprint density at radius 2 is 1.73 bits per heavy atom. The van der Waals surface area contributed by atoms with Gasteiger partial charge in [-0.05, 0) is 35.4 Å². The van der Waals surface area contributed by atoms with Crippen LogP contribution in [0.3, 0.4) is 0 Å². The van der Waals surface area contributed by atoms with Crippen molar-refractivity contribution in [1.82, 2.24) is 4.90 Å². The number of aliphatic hydroxyl groups is 1. The van der Waals surface area contributed by atoms with E-state index < -0.39 is 5.97 Å². The first-order chi connectivity index (χ1) is 10.6. The lowest BCUT2D eigenvalue weighted by Gasteiger charge is -2.21. The van der Waals surface area contributed by atoms with Crippen molar-refractivity contribution in [2.75, 3.05) is 13.2 Å². The number of aromatic carboxylic acids is 1. The monoisotopic (exact) mass is 303 g/mol. The Morgan fingerprint density at radius 1 is 1.05 bits per heavy atom. The maximum atomic E-state index is 12.9. The molecule has 0 saturated carbocycles. The molecule has 0 heterocycles. The fraction of sp³-hybridized carbons (Fsp3) is 0.235. The van der Waals surface area contributed by atoms with E-state index in [1.165, 1.54) is 12.1 Å². The molecule has 0 aliphatic rings. The van der Waals surface area contributed by atoms with Crippen LogP contribution < -0.4 is 0 Å². The molecule has 116 valence electrons. The van der Waals surface area contributed by atoms with Gasteiger partial charge in [-0.3, -0.25) is 4.90 Å². The van der Waals surface area contributed by atoms with Crippen LogP contribution in [0.5, 0.6) is 0 Å². The highest BCUT2D eigenvalue weighted by Gasteiger charge is 2.09. The highest BCUT2D eigenvalue weighted by Crippen LogP contribution is 2.12. The van der Waals surface area contributed by atoms with Crippen LogP contribution in [0.25, 0.3) is 0 Å². The van der Waals surface area contributed by atoms with Crippen LogP contribution in [-0.2, 0) is 13.1 Å². The van der Waals surface area contributed by atoms with Gasteiger partial charge >= 0.3 is 5.97 Å². The molecular weight excluding hydrogens is 285 g/mol. The first kappa shape index (κ1) is 16.1. The Labute approximate surface area is 128 Å². The van der Waals surface area contributed by atoms with E-state index in [-0.39, 0.29) is 18.0 Å². The number of carboxylic acids is 1. The van der Waals surface area contributed by atoms with E-state index in [1.54, 1.807) is 30.3 Å². The Bertz CT molecular complexity index is 628. The van der Waals surface area contributed by atoms with Crippen molar-refractivity contribution in [3.63, 3.8) is 0 Å². The molecule has 2 aromatic carbocycles. The van der Waals surface area contributed by atoms with Crippen molar-refractivity contribution >= 4 is 5.97 Å². The van der Waals surface area contributed by atoms with Crippen molar-refractivity contribution in [1.29, 1.82) is 0 Å². The van der Waals surface area contributed by atoms with Crippen molar-refractivity contribution in [3.8, 4) is 0 Å². The molecule has 4 nitrogen and oxygen atoms in total. The molecule has 0 amide bonds. The minimum atomic E-state index is -0.964. The Kier molecular flexibility index (Phi) is 5.63. The molecule has 0 radical (unpaired) electrons. The lowest BCUT2D eigenvalue weighted by Crippen LogP contribution is -2.26. The van der Waals surface area contributed by atoms with Crippen LogP contribution >= 0.6 is 0 Å². The third-order valence-corrected chi connectivity index (χ3v) is 3.32. The normalized spacial score (nSPS) is 10.9. The fourth-order valence-electron chi connectivity index (χ4n) is 2.26. The van der Waals surface area contributed by atoms with Crippen molar-refractivity contribution < 1.29 is 19.4 Å². The number of hydrogen-bond acceptors (Lipinski definition) is 3. The largest absolute Gasteiger partial charge is 0.478 e. The number of benzene rings is 2. The van der Waals surface area contributed by atoms with Gasteiger partial charge in [-0.2, -0.15) is 0 Å². The SMILES string of the molecule is O=C(O)c1cccc(CN(CCO)Cc2ccc(F)cc2)c1. The molecule has 2 N–H and O–H groups in total. The quantitative estimate of drug-likeness (QED) is 0.825. The third-order valence-electron chi connectivity index (χ3n) is 3.32. The third kappa shape index (κ3) is 4.65. The van der Waals surface area contributed by atoms with E-state index in [0.29, 0.717) is 19.6 Å². The molecule has 2 aromatic rings. The molecule has 0 aliphatic heterocycles. The van der Waals surface area contributed by atoms with Crippen molar-refractivity contribution in [2.45, 2.75) is 13.1 Å². The molecular formula is C17H18FNO3. The van der Waals surface area contributed by atoms with Crippen molar-refractivity contribution in [2.24, 2.45) is 0 Å². The zero-order valence-corrected chi connectivity index (χ0v) is 12.1. The standard InChI is InChI=1S/C17H18FNO3/c18-16-6-4-13(5-7-16)11-19(8-9-20)12-14-2-1-3-15(10-14)17(21)22/h1-7,10,20H,8-9,11-12H2,(H,21,22). The van der Waals surface area contributed by atoms with E-state index in [9.17, 15) is 14.3 Å². The summed E-state index contributed by atoms with van der Waals surface area (Å²) in [4.78, 5) is 13.0. The van der Waals surface area contributed by atoms with Crippen molar-refractivity contribution in [3.05, 3.63) is 71.0 Å². The number of nitrogens with zero attached hydrogens (tertiary/aromatic N) is 1. The lowest BCUT2D eigenvalue weighted by atomic mass is 10.1. The Morgan fingerprint density at radius 3 is 2.36 bits per heavy atom. The molecule has 0 spiro atoms. The van der Waals surface area contributed by atoms with Crippen LogP contribution in [0.2, 0.25) is 0 Å². The predicted octanol–water partition coefficient (Wildman–Crippen LogP) is 2.52. The Hall–Kier alpha value is -2.24. The number of carboxylic acid groups (broad SMARTS) is 1. The van der Waals surface area contributed by atoms with Gasteiger partial charge in [-0.15, -0.1) is 0 Å². The topological polar surface area (TPSA) is 60.8 Å². The predicted molar refractivity (Wildman–Crippen MR) is 81.0 cm³/mol. The summed E-state index contributed by atoms with van der Waals surface area (Å²) in [7, 11) is 0. The lowest BCUT2D eigenvalue weighted by molar-refractivity contribution is 0.0696. The highest BCUT2D eigenvalue weighted by molar-refractivity contribution is 5.87. The fourth-order valence-corrected chi connectivity index (χ4v) is 2.26. The maximum Gasteiger partial charge on any atom is 0.335 e. The van der Waals surface area contributed by atoms with E-state index in [4.69, 9.17) is 5.11 Å². The summed E-state index contributed by atoms with van der Waals surface area (Å²) in [5.41, 5.74) is 2.03. The Balaban J connectivity index is 2.09. The average Bonchev–Trinajstić information content (AvgIpc) is 2.50. The zero-order valence-electron chi connectivity index (χ0n) is 12.1. The summed E-state index contributed by atoms with van der Waals surface area (Å²) in [6.07, 6.45) is 0. The number of aliphatic hydroxyl groups excluding tert-OH is 1. The smallest absolute Gasteiger partial charge is 0.335 e. The summed E-state index contributed by atoms with van der Waals surface area (Å²) in [6.45, 7) is 1.52. The second-order valence-electron chi connectivity index (χ2n) is 5.07. The first-order valence-corrected chi connectivity index (χ1v) is 6.98. The van der Waals surface area contributed by atoms with Gasteiger partial charge in [0.1, 0.15) is 5.82 Å². The van der Waals surface area contributed by atoms with Gasteiger partial charge in [0.25, 0.3) is 0 Å². The molecule has 0 bridgehead atoms. The number of hydrogen-bond donors (Lipinski definition) is 2. The average molecular weight is 303 g/mol. The van der Waals surface area contributed by atoms with E-state index in [0.717, 1.165) is 11.1 Å². The molecule has 0 aromatic heterocycles. The number of rotatable bonds is 7. The van der Waals surface area contributed by atoms with Crippen LogP contribution in [0.4, 0.5) is 4.39 Å². The van der Waals surface area contributed by atoms with Crippen LogP contribution in [0.1, 0.15) is 21.5 Å². The molecule has 0 unspecified atom stereocenters. The van der Waals surface area contributed by atoms with Gasteiger partial charge < -0.3 is 10.2 Å². The molecule has 0 atom stereocenters. The van der Waals surface area contributed by atoms with Crippen LogP contribution in [0.15, 0.2) is 48.5 Å². The van der Waals surface area contributed by atoms with Crippen LogP contribution in [0, 0.1) is 5.82 Å². The first-order valence-electron chi connectivity index (χ1n) is 6.98. The number of carbonyl (C=O) groups is 1. The van der Waals surface area contributed by atoms with Gasteiger partial charge in [0.15, 0.2) is 0 Å². The molecule has 2 rings (SSSR count). The summed E-state index contributed by atoms with van der Waals surface area (Å²) >= 11 is 0. The molecule has 0 saturated heterocycles. The van der Waals surface area contributed by atoms with E-state index in [2.05, 4.69) is 0 Å². The van der Waals surface area contributed by atoms with Crippen LogP contribution in [-0.4, -0.2) is 34.2 Å². The molecule has 22 heavy (non-hydrogen) atoms. The van der Waals surface area contributed by atoms with E-state index in [1.807, 2.05) is 11.0 Å². The summed E-state index contributed by atoms with van der Waals surface area (Å²) < 4.78 is 12.9. The molecule has 0 fully saturated rings. The van der Waals surface area contributed by atoms with Gasteiger partial charge in [0.2, 0.25) is 0 Å². The van der Waals surface area contributed by atoms with Gasteiger partial charge in [-0.1, -0.05) is 24.3 Å². The molecule has 0 aliphatic carbocycles. The summed E-state index contributed by atoms with van der Waals surface area (Å²) in [5, 5.41) is 18.2. The van der Waals surface area contributed by atoms with E-state index >= 15 is 0 Å². The second kappa shape index (κ2) is 7.68. The maximum absolute atomic E-state index is 12.9. The number of halogens is 1.